The summed E-state index contributed by atoms with van der Waals surface area (Å²) in [5.74, 6) is 0.0789. The average Bonchev–Trinajstić information content (AvgIpc) is 3.00. The van der Waals surface area contributed by atoms with Gasteiger partial charge in [-0.1, -0.05) is 12.1 Å². The topological polar surface area (TPSA) is 95.0 Å². The molecular formula is C20H22N2O5. The zero-order chi connectivity index (χ0) is 19.7. The van der Waals surface area contributed by atoms with Crippen molar-refractivity contribution in [3.05, 3.63) is 53.2 Å². The number of phenols is 1. The summed E-state index contributed by atoms with van der Waals surface area (Å²) in [6, 6.07) is 9.79. The number of H-pyrrole nitrogens is 1. The lowest BCUT2D eigenvalue weighted by molar-refractivity contribution is 0.0689. The summed E-state index contributed by atoms with van der Waals surface area (Å²) in [5.41, 5.74) is 2.01. The number of para-hydroxylation sites is 1. The van der Waals surface area contributed by atoms with Crippen molar-refractivity contribution in [3.8, 4) is 17.2 Å². The number of aromatic carboxylic acids is 1. The molecule has 1 heterocycles. The van der Waals surface area contributed by atoms with Gasteiger partial charge in [0.05, 0.1) is 20.3 Å². The monoisotopic (exact) mass is 370 g/mol. The molecule has 3 rings (SSSR count). The van der Waals surface area contributed by atoms with Crippen LogP contribution < -0.4 is 9.47 Å². The van der Waals surface area contributed by atoms with Crippen LogP contribution in [0.1, 0.15) is 27.7 Å². The Morgan fingerprint density at radius 3 is 2.48 bits per heavy atom. The number of carboxylic acids is 1. The van der Waals surface area contributed by atoms with Crippen LogP contribution in [0.4, 0.5) is 0 Å². The van der Waals surface area contributed by atoms with Gasteiger partial charge in [0.15, 0.2) is 11.5 Å². The number of nitrogens with zero attached hydrogens (tertiary/aromatic N) is 1. The Hall–Kier alpha value is -3.19. The molecule has 7 heteroatoms. The maximum atomic E-state index is 11.9. The number of phenolic OH excluding ortho intramolecular Hbond substituents is 1. The van der Waals surface area contributed by atoms with Gasteiger partial charge < -0.3 is 24.7 Å². The molecule has 0 saturated carbocycles. The Kier molecular flexibility index (Phi) is 4.96. The number of fused-ring (bicyclic) bond motifs is 1. The van der Waals surface area contributed by atoms with E-state index in [0.717, 1.165) is 5.56 Å². The summed E-state index contributed by atoms with van der Waals surface area (Å²) in [7, 11) is 6.82. The van der Waals surface area contributed by atoms with Gasteiger partial charge >= 0.3 is 5.97 Å². The molecule has 2 aromatic carbocycles. The number of ether oxygens (including phenoxy) is 2. The summed E-state index contributed by atoms with van der Waals surface area (Å²) in [6.07, 6.45) is 0. The predicted octanol–water partition coefficient (Wildman–Crippen LogP) is 3.24. The molecule has 0 spiro atoms. The van der Waals surface area contributed by atoms with Crippen LogP contribution in [0.3, 0.4) is 0 Å². The molecule has 0 aliphatic rings. The molecule has 3 aromatic rings. The Morgan fingerprint density at radius 2 is 1.89 bits per heavy atom. The van der Waals surface area contributed by atoms with Gasteiger partial charge in [-0.2, -0.15) is 0 Å². The van der Waals surface area contributed by atoms with E-state index < -0.39 is 12.0 Å². The summed E-state index contributed by atoms with van der Waals surface area (Å²) in [6.45, 7) is 0. The van der Waals surface area contributed by atoms with E-state index in [1.807, 2.05) is 31.1 Å². The number of carboxylic acid groups (broad SMARTS) is 1. The molecule has 1 aromatic heterocycles. The number of hydrogen-bond donors (Lipinski definition) is 3. The average molecular weight is 370 g/mol. The van der Waals surface area contributed by atoms with Crippen LogP contribution in [0.5, 0.6) is 17.2 Å². The Morgan fingerprint density at radius 1 is 1.15 bits per heavy atom. The smallest absolute Gasteiger partial charge is 0.352 e. The van der Waals surface area contributed by atoms with Crippen molar-refractivity contribution in [1.29, 1.82) is 0 Å². The number of rotatable bonds is 6. The van der Waals surface area contributed by atoms with E-state index >= 15 is 0 Å². The third-order valence-corrected chi connectivity index (χ3v) is 4.55. The van der Waals surface area contributed by atoms with Crippen LogP contribution in [0.25, 0.3) is 10.9 Å². The third-order valence-electron chi connectivity index (χ3n) is 4.55. The molecule has 0 aliphatic carbocycles. The number of carbonyl (C=O) groups is 1. The molecule has 1 unspecified atom stereocenters. The zero-order valence-electron chi connectivity index (χ0n) is 15.6. The van der Waals surface area contributed by atoms with Crippen LogP contribution in [0.15, 0.2) is 36.4 Å². The highest BCUT2D eigenvalue weighted by molar-refractivity contribution is 5.98. The van der Waals surface area contributed by atoms with Gasteiger partial charge in [0, 0.05) is 22.0 Å². The van der Waals surface area contributed by atoms with Crippen molar-refractivity contribution in [3.63, 3.8) is 0 Å². The molecule has 7 nitrogen and oxygen atoms in total. The first-order valence-corrected chi connectivity index (χ1v) is 8.34. The molecular weight excluding hydrogens is 348 g/mol. The standard InChI is InChI=1S/C20H22N2O5/c1-22(2)18(12-6-5-7-15(26-3)19(12)27-4)16-13-10-11(23)8-9-14(13)21-17(16)20(24)25/h5-10,18,21,23H,1-4H3,(H,24,25). The molecule has 0 aliphatic heterocycles. The summed E-state index contributed by atoms with van der Waals surface area (Å²) >= 11 is 0. The van der Waals surface area contributed by atoms with Gasteiger partial charge in [0.1, 0.15) is 11.4 Å². The van der Waals surface area contributed by atoms with Crippen LogP contribution >= 0.6 is 0 Å². The first-order chi connectivity index (χ1) is 12.9. The fourth-order valence-corrected chi connectivity index (χ4v) is 3.47. The number of aromatic amines is 1. The van der Waals surface area contributed by atoms with E-state index in [2.05, 4.69) is 4.98 Å². The van der Waals surface area contributed by atoms with Crippen molar-refractivity contribution < 1.29 is 24.5 Å². The van der Waals surface area contributed by atoms with E-state index in [4.69, 9.17) is 9.47 Å². The Balaban J connectivity index is 2.37. The van der Waals surface area contributed by atoms with E-state index in [9.17, 15) is 15.0 Å². The molecule has 0 fully saturated rings. The highest BCUT2D eigenvalue weighted by Crippen LogP contribution is 2.43. The number of aromatic hydroxyl groups is 1. The lowest BCUT2D eigenvalue weighted by atomic mass is 9.93. The third kappa shape index (κ3) is 3.17. The van der Waals surface area contributed by atoms with Gasteiger partial charge in [-0.15, -0.1) is 0 Å². The Labute approximate surface area is 156 Å². The lowest BCUT2D eigenvalue weighted by Crippen LogP contribution is -2.23. The summed E-state index contributed by atoms with van der Waals surface area (Å²) < 4.78 is 11.0. The lowest BCUT2D eigenvalue weighted by Gasteiger charge is -2.27. The van der Waals surface area contributed by atoms with E-state index in [1.165, 1.54) is 6.07 Å². The molecule has 0 radical (unpaired) electrons. The maximum absolute atomic E-state index is 11.9. The largest absolute Gasteiger partial charge is 0.508 e. The van der Waals surface area contributed by atoms with Crippen molar-refractivity contribution in [2.45, 2.75) is 6.04 Å². The zero-order valence-corrected chi connectivity index (χ0v) is 15.6. The second-order valence-corrected chi connectivity index (χ2v) is 6.40. The summed E-state index contributed by atoms with van der Waals surface area (Å²) in [4.78, 5) is 16.8. The number of hydrogen-bond acceptors (Lipinski definition) is 5. The van der Waals surface area contributed by atoms with Crippen molar-refractivity contribution >= 4 is 16.9 Å². The Bertz CT molecular complexity index is 993. The van der Waals surface area contributed by atoms with Crippen molar-refractivity contribution in [1.82, 2.24) is 9.88 Å². The number of benzene rings is 2. The van der Waals surface area contributed by atoms with Crippen molar-refractivity contribution in [2.24, 2.45) is 0 Å². The van der Waals surface area contributed by atoms with Gasteiger partial charge in [-0.05, 0) is 38.4 Å². The first-order valence-electron chi connectivity index (χ1n) is 8.34. The van der Waals surface area contributed by atoms with E-state index in [1.54, 1.807) is 32.4 Å². The van der Waals surface area contributed by atoms with Crippen LogP contribution in [-0.2, 0) is 0 Å². The molecule has 0 bridgehead atoms. The number of methoxy groups -OCH3 is 2. The number of aromatic nitrogens is 1. The molecule has 27 heavy (non-hydrogen) atoms. The minimum Gasteiger partial charge on any atom is -0.508 e. The van der Waals surface area contributed by atoms with Crippen LogP contribution in [0.2, 0.25) is 0 Å². The minimum absolute atomic E-state index is 0.0646. The molecule has 3 N–H and O–H groups in total. The predicted molar refractivity (Wildman–Crippen MR) is 102 cm³/mol. The van der Waals surface area contributed by atoms with E-state index in [0.29, 0.717) is 28.0 Å². The minimum atomic E-state index is -1.07. The van der Waals surface area contributed by atoms with Gasteiger partial charge in [-0.3, -0.25) is 4.90 Å². The normalized spacial score (nSPS) is 12.3. The number of nitrogens with one attached hydrogen (secondary N) is 1. The fourth-order valence-electron chi connectivity index (χ4n) is 3.47. The molecule has 142 valence electrons. The molecule has 1 atom stereocenters. The quantitative estimate of drug-likeness (QED) is 0.617. The first kappa shape index (κ1) is 18.6. The van der Waals surface area contributed by atoms with Crippen LogP contribution in [-0.4, -0.2) is 54.4 Å². The summed E-state index contributed by atoms with van der Waals surface area (Å²) in [5, 5.41) is 20.4. The van der Waals surface area contributed by atoms with E-state index in [-0.39, 0.29) is 11.4 Å². The highest BCUT2D eigenvalue weighted by Gasteiger charge is 2.30. The molecule has 0 amide bonds. The molecule has 0 saturated heterocycles. The second-order valence-electron chi connectivity index (χ2n) is 6.40. The highest BCUT2D eigenvalue weighted by atomic mass is 16.5. The van der Waals surface area contributed by atoms with Crippen molar-refractivity contribution in [2.75, 3.05) is 28.3 Å². The van der Waals surface area contributed by atoms with Gasteiger partial charge in [0.25, 0.3) is 0 Å². The SMILES string of the molecule is COc1cccc(C(c2c(C(=O)O)[nH]c3ccc(O)cc23)N(C)C)c1OC. The van der Waals surface area contributed by atoms with Crippen LogP contribution in [0, 0.1) is 0 Å². The maximum Gasteiger partial charge on any atom is 0.352 e. The fraction of sp³-hybridized carbons (Fsp3) is 0.250. The van der Waals surface area contributed by atoms with Gasteiger partial charge in [0.2, 0.25) is 0 Å². The van der Waals surface area contributed by atoms with Gasteiger partial charge in [-0.25, -0.2) is 4.79 Å². The second kappa shape index (κ2) is 7.20.